The summed E-state index contributed by atoms with van der Waals surface area (Å²) in [5.41, 5.74) is 6.07. The van der Waals surface area contributed by atoms with E-state index in [4.69, 9.17) is 21.1 Å². The Bertz CT molecular complexity index is 1170. The SMILES string of the molecule is COc1cc(/C=N/NC(=O)C(=O)Nc2c(C)cccc2C)ccc1OCc1ccccc1Cl. The summed E-state index contributed by atoms with van der Waals surface area (Å²) in [5.74, 6) is -0.650. The van der Waals surface area contributed by atoms with Crippen LogP contribution in [0.4, 0.5) is 5.69 Å². The van der Waals surface area contributed by atoms with Crippen molar-refractivity contribution in [1.29, 1.82) is 0 Å². The average molecular weight is 466 g/mol. The molecule has 7 nitrogen and oxygen atoms in total. The molecule has 0 bridgehead atoms. The van der Waals surface area contributed by atoms with Gasteiger partial charge in [0.15, 0.2) is 11.5 Å². The number of aryl methyl sites for hydroxylation is 2. The molecule has 3 rings (SSSR count). The van der Waals surface area contributed by atoms with Gasteiger partial charge < -0.3 is 14.8 Å². The number of nitrogens with zero attached hydrogens (tertiary/aromatic N) is 1. The lowest BCUT2D eigenvalue weighted by atomic mass is 10.1. The number of rotatable bonds is 7. The Morgan fingerprint density at radius 3 is 2.39 bits per heavy atom. The van der Waals surface area contributed by atoms with Gasteiger partial charge in [-0.05, 0) is 54.8 Å². The molecule has 0 spiro atoms. The zero-order valence-corrected chi connectivity index (χ0v) is 19.3. The summed E-state index contributed by atoms with van der Waals surface area (Å²) >= 11 is 6.16. The monoisotopic (exact) mass is 465 g/mol. The first-order valence-corrected chi connectivity index (χ1v) is 10.5. The third-order valence-corrected chi connectivity index (χ3v) is 5.20. The molecule has 0 unspecified atom stereocenters. The highest BCUT2D eigenvalue weighted by Crippen LogP contribution is 2.29. The fourth-order valence-electron chi connectivity index (χ4n) is 3.05. The van der Waals surface area contributed by atoms with Gasteiger partial charge in [-0.15, -0.1) is 0 Å². The molecule has 0 fully saturated rings. The summed E-state index contributed by atoms with van der Waals surface area (Å²) in [4.78, 5) is 24.3. The van der Waals surface area contributed by atoms with Gasteiger partial charge in [-0.1, -0.05) is 48.0 Å². The molecule has 8 heteroatoms. The van der Waals surface area contributed by atoms with Gasteiger partial charge in [0.2, 0.25) is 0 Å². The number of anilines is 1. The normalized spacial score (nSPS) is 10.7. The highest BCUT2D eigenvalue weighted by Gasteiger charge is 2.15. The summed E-state index contributed by atoms with van der Waals surface area (Å²) in [6.45, 7) is 4.00. The van der Waals surface area contributed by atoms with Crippen LogP contribution in [0, 0.1) is 13.8 Å². The second-order valence-corrected chi connectivity index (χ2v) is 7.62. The van der Waals surface area contributed by atoms with E-state index >= 15 is 0 Å². The van der Waals surface area contributed by atoms with Crippen molar-refractivity contribution in [3.63, 3.8) is 0 Å². The zero-order valence-electron chi connectivity index (χ0n) is 18.5. The average Bonchev–Trinajstić information content (AvgIpc) is 2.81. The minimum Gasteiger partial charge on any atom is -0.493 e. The number of amides is 2. The molecule has 0 heterocycles. The van der Waals surface area contributed by atoms with E-state index in [-0.39, 0.29) is 6.61 Å². The van der Waals surface area contributed by atoms with Gasteiger partial charge >= 0.3 is 11.8 Å². The molecule has 0 aromatic heterocycles. The summed E-state index contributed by atoms with van der Waals surface area (Å²) < 4.78 is 11.2. The zero-order chi connectivity index (χ0) is 23.8. The minimum atomic E-state index is -0.874. The Balaban J connectivity index is 1.59. The maximum Gasteiger partial charge on any atom is 0.329 e. The number of ether oxygens (including phenoxy) is 2. The second kappa shape index (κ2) is 11.2. The maximum absolute atomic E-state index is 12.2. The Hall–Kier alpha value is -3.84. The lowest BCUT2D eigenvalue weighted by Crippen LogP contribution is -2.32. The van der Waals surface area contributed by atoms with Gasteiger partial charge in [0.1, 0.15) is 6.61 Å². The molecule has 33 heavy (non-hydrogen) atoms. The predicted octanol–water partition coefficient (Wildman–Crippen LogP) is 4.63. The first-order valence-electron chi connectivity index (χ1n) is 10.1. The summed E-state index contributed by atoms with van der Waals surface area (Å²) in [6.07, 6.45) is 1.41. The number of benzene rings is 3. The third kappa shape index (κ3) is 6.33. The molecule has 0 atom stereocenters. The number of para-hydroxylation sites is 1. The number of carbonyl (C=O) groups excluding carboxylic acids is 2. The summed E-state index contributed by atoms with van der Waals surface area (Å²) in [6, 6.07) is 18.2. The highest BCUT2D eigenvalue weighted by molar-refractivity contribution is 6.39. The lowest BCUT2D eigenvalue weighted by molar-refractivity contribution is -0.136. The standard InChI is InChI=1S/C25H24ClN3O4/c1-16-7-6-8-17(2)23(16)28-24(30)25(31)29-27-14-18-11-12-21(22(13-18)32-3)33-15-19-9-4-5-10-20(19)26/h4-14H,15H2,1-3H3,(H,28,30)(H,29,31)/b27-14+. The first kappa shape index (κ1) is 23.8. The van der Waals surface area contributed by atoms with Gasteiger partial charge in [-0.25, -0.2) is 5.43 Å². The number of hydrazone groups is 1. The lowest BCUT2D eigenvalue weighted by Gasteiger charge is -2.12. The van der Waals surface area contributed by atoms with E-state index in [9.17, 15) is 9.59 Å². The van der Waals surface area contributed by atoms with Crippen molar-refractivity contribution in [3.05, 3.63) is 87.9 Å². The molecule has 0 aliphatic heterocycles. The summed E-state index contributed by atoms with van der Waals surface area (Å²) in [7, 11) is 1.53. The number of methoxy groups -OCH3 is 1. The number of carbonyl (C=O) groups is 2. The Morgan fingerprint density at radius 1 is 0.970 bits per heavy atom. The largest absolute Gasteiger partial charge is 0.493 e. The van der Waals surface area contributed by atoms with Crippen molar-refractivity contribution in [3.8, 4) is 11.5 Å². The van der Waals surface area contributed by atoms with E-state index in [1.807, 2.05) is 50.2 Å². The molecule has 170 valence electrons. The van der Waals surface area contributed by atoms with Crippen molar-refractivity contribution in [2.75, 3.05) is 12.4 Å². The molecule has 2 amide bonds. The highest BCUT2D eigenvalue weighted by atomic mass is 35.5. The van der Waals surface area contributed by atoms with Crippen molar-refractivity contribution in [2.24, 2.45) is 5.10 Å². The maximum atomic E-state index is 12.2. The molecule has 2 N–H and O–H groups in total. The van der Waals surface area contributed by atoms with Crippen molar-refractivity contribution < 1.29 is 19.1 Å². The summed E-state index contributed by atoms with van der Waals surface area (Å²) in [5, 5.41) is 7.10. The van der Waals surface area contributed by atoms with Crippen LogP contribution in [0.5, 0.6) is 11.5 Å². The molecule has 0 aliphatic carbocycles. The third-order valence-electron chi connectivity index (χ3n) is 4.83. The minimum absolute atomic E-state index is 0.287. The quantitative estimate of drug-likeness (QED) is 0.302. The van der Waals surface area contributed by atoms with Gasteiger partial charge in [-0.2, -0.15) is 5.10 Å². The molecule has 3 aromatic rings. The smallest absolute Gasteiger partial charge is 0.329 e. The molecule has 0 aliphatic rings. The van der Waals surface area contributed by atoms with Crippen LogP contribution in [0.25, 0.3) is 0 Å². The van der Waals surface area contributed by atoms with Gasteiger partial charge in [-0.3, -0.25) is 9.59 Å². The van der Waals surface area contributed by atoms with Gasteiger partial charge in [0.05, 0.1) is 13.3 Å². The topological polar surface area (TPSA) is 89.0 Å². The van der Waals surface area contributed by atoms with E-state index in [0.717, 1.165) is 16.7 Å². The van der Waals surface area contributed by atoms with Gasteiger partial charge in [0.25, 0.3) is 0 Å². The van der Waals surface area contributed by atoms with E-state index in [2.05, 4.69) is 15.8 Å². The van der Waals surface area contributed by atoms with E-state index in [0.29, 0.717) is 27.8 Å². The van der Waals surface area contributed by atoms with Crippen LogP contribution in [0.1, 0.15) is 22.3 Å². The van der Waals surface area contributed by atoms with E-state index < -0.39 is 11.8 Å². The number of nitrogens with one attached hydrogen (secondary N) is 2. The Morgan fingerprint density at radius 2 is 1.70 bits per heavy atom. The number of hydrogen-bond donors (Lipinski definition) is 2. The molecule has 0 saturated heterocycles. The van der Waals surface area contributed by atoms with E-state index in [1.54, 1.807) is 24.3 Å². The van der Waals surface area contributed by atoms with E-state index in [1.165, 1.54) is 13.3 Å². The van der Waals surface area contributed by atoms with Crippen LogP contribution in [-0.4, -0.2) is 25.1 Å². The van der Waals surface area contributed by atoms with Crippen molar-refractivity contribution in [1.82, 2.24) is 5.43 Å². The fourth-order valence-corrected chi connectivity index (χ4v) is 3.24. The number of halogens is 1. The van der Waals surface area contributed by atoms with Crippen LogP contribution in [0.15, 0.2) is 65.8 Å². The predicted molar refractivity (Wildman–Crippen MR) is 129 cm³/mol. The molecule has 3 aromatic carbocycles. The molecule has 0 radical (unpaired) electrons. The molecular formula is C25H24ClN3O4. The van der Waals surface area contributed by atoms with Crippen molar-refractivity contribution in [2.45, 2.75) is 20.5 Å². The second-order valence-electron chi connectivity index (χ2n) is 7.21. The number of hydrogen-bond acceptors (Lipinski definition) is 5. The first-order chi connectivity index (χ1) is 15.9. The van der Waals surface area contributed by atoms with Gasteiger partial charge in [0, 0.05) is 16.3 Å². The van der Waals surface area contributed by atoms with Crippen LogP contribution in [0.3, 0.4) is 0 Å². The van der Waals surface area contributed by atoms with Crippen LogP contribution >= 0.6 is 11.6 Å². The van der Waals surface area contributed by atoms with Crippen LogP contribution in [0.2, 0.25) is 5.02 Å². The molecule has 0 saturated carbocycles. The van der Waals surface area contributed by atoms with Crippen LogP contribution < -0.4 is 20.2 Å². The van der Waals surface area contributed by atoms with Crippen molar-refractivity contribution >= 4 is 35.3 Å². The van der Waals surface area contributed by atoms with Crippen LogP contribution in [-0.2, 0) is 16.2 Å². The Kier molecular flexibility index (Phi) is 8.05. The Labute approximate surface area is 197 Å². The fraction of sp³-hybridized carbons (Fsp3) is 0.160. The molecular weight excluding hydrogens is 442 g/mol.